The van der Waals surface area contributed by atoms with E-state index in [1.165, 1.54) is 6.07 Å². The maximum atomic E-state index is 12.4. The predicted octanol–water partition coefficient (Wildman–Crippen LogP) is 4.90. The lowest BCUT2D eigenvalue weighted by Crippen LogP contribution is -2.16. The van der Waals surface area contributed by atoms with Gasteiger partial charge in [0.25, 0.3) is 5.91 Å². The highest BCUT2D eigenvalue weighted by Gasteiger charge is 2.29. The van der Waals surface area contributed by atoms with Crippen LogP contribution >= 0.6 is 23.2 Å². The molecule has 124 valence electrons. The normalized spacial score (nSPS) is 13.5. The number of rotatable bonds is 4. The number of anilines is 2. The van der Waals surface area contributed by atoms with Crippen molar-refractivity contribution in [2.75, 3.05) is 10.6 Å². The van der Waals surface area contributed by atoms with Gasteiger partial charge in [-0.3, -0.25) is 9.59 Å². The lowest BCUT2D eigenvalue weighted by molar-refractivity contribution is -0.117. The summed E-state index contributed by atoms with van der Waals surface area (Å²) in [7, 11) is 0. The Kier molecular flexibility index (Phi) is 4.78. The lowest BCUT2D eigenvalue weighted by atomic mass is 10.1. The van der Waals surface area contributed by atoms with Crippen molar-refractivity contribution in [2.24, 2.45) is 5.92 Å². The Hall–Kier alpha value is -2.04. The molecule has 0 aromatic heterocycles. The third-order valence-corrected chi connectivity index (χ3v) is 4.51. The Morgan fingerprint density at radius 2 is 1.71 bits per heavy atom. The van der Waals surface area contributed by atoms with Gasteiger partial charge >= 0.3 is 0 Å². The Morgan fingerprint density at radius 3 is 2.33 bits per heavy atom. The SMILES string of the molecule is Cc1c(NC(=O)c2ccc(Cl)cc2Cl)cccc1NC(=O)C1CC1. The van der Waals surface area contributed by atoms with Crippen LogP contribution in [0.5, 0.6) is 0 Å². The Bertz CT molecular complexity index is 817. The zero-order valence-corrected chi connectivity index (χ0v) is 14.5. The highest BCUT2D eigenvalue weighted by atomic mass is 35.5. The van der Waals surface area contributed by atoms with E-state index in [1.807, 2.05) is 13.0 Å². The molecule has 6 heteroatoms. The fraction of sp³-hybridized carbons (Fsp3) is 0.222. The number of carbonyl (C=O) groups excluding carboxylic acids is 2. The summed E-state index contributed by atoms with van der Waals surface area (Å²) < 4.78 is 0. The van der Waals surface area contributed by atoms with E-state index in [2.05, 4.69) is 10.6 Å². The van der Waals surface area contributed by atoms with Crippen LogP contribution in [0.1, 0.15) is 28.8 Å². The second kappa shape index (κ2) is 6.83. The molecule has 0 spiro atoms. The third-order valence-electron chi connectivity index (χ3n) is 3.96. The minimum atomic E-state index is -0.328. The van der Waals surface area contributed by atoms with Crippen molar-refractivity contribution in [2.45, 2.75) is 19.8 Å². The number of hydrogen-bond acceptors (Lipinski definition) is 2. The van der Waals surface area contributed by atoms with Crippen molar-refractivity contribution >= 4 is 46.4 Å². The first-order valence-electron chi connectivity index (χ1n) is 7.62. The summed E-state index contributed by atoms with van der Waals surface area (Å²) in [6.07, 6.45) is 1.88. The molecule has 1 aliphatic rings. The van der Waals surface area contributed by atoms with Crippen molar-refractivity contribution in [3.05, 3.63) is 57.6 Å². The van der Waals surface area contributed by atoms with E-state index in [9.17, 15) is 9.59 Å². The van der Waals surface area contributed by atoms with Crippen LogP contribution in [0.2, 0.25) is 10.0 Å². The average Bonchev–Trinajstić information content (AvgIpc) is 3.36. The molecular formula is C18H16Cl2N2O2. The first kappa shape index (κ1) is 16.8. The Morgan fingerprint density at radius 1 is 1.04 bits per heavy atom. The second-order valence-corrected chi connectivity index (χ2v) is 6.66. The molecule has 4 nitrogen and oxygen atoms in total. The van der Waals surface area contributed by atoms with E-state index in [0.717, 1.165) is 18.4 Å². The highest BCUT2D eigenvalue weighted by molar-refractivity contribution is 6.37. The average molecular weight is 363 g/mol. The number of halogens is 2. The first-order chi connectivity index (χ1) is 11.5. The lowest BCUT2D eigenvalue weighted by Gasteiger charge is -2.14. The van der Waals surface area contributed by atoms with Gasteiger partial charge in [-0.15, -0.1) is 0 Å². The zero-order chi connectivity index (χ0) is 17.3. The van der Waals surface area contributed by atoms with Crippen LogP contribution in [-0.4, -0.2) is 11.8 Å². The van der Waals surface area contributed by atoms with Crippen molar-refractivity contribution in [3.8, 4) is 0 Å². The van der Waals surface area contributed by atoms with E-state index in [0.29, 0.717) is 22.0 Å². The van der Waals surface area contributed by atoms with Gasteiger partial charge in [0.2, 0.25) is 5.91 Å². The molecule has 2 amide bonds. The van der Waals surface area contributed by atoms with Crippen LogP contribution < -0.4 is 10.6 Å². The summed E-state index contributed by atoms with van der Waals surface area (Å²) in [5.74, 6) is -0.178. The van der Waals surface area contributed by atoms with Crippen LogP contribution in [0, 0.1) is 12.8 Å². The molecule has 0 unspecified atom stereocenters. The number of amides is 2. The molecule has 1 saturated carbocycles. The minimum absolute atomic E-state index is 0.0299. The summed E-state index contributed by atoms with van der Waals surface area (Å²) >= 11 is 11.9. The van der Waals surface area contributed by atoms with Gasteiger partial charge in [0.05, 0.1) is 10.6 Å². The summed E-state index contributed by atoms with van der Waals surface area (Å²) in [5.41, 5.74) is 2.46. The van der Waals surface area contributed by atoms with Gasteiger partial charge in [0, 0.05) is 22.3 Å². The molecular weight excluding hydrogens is 347 g/mol. The fourth-order valence-electron chi connectivity index (χ4n) is 2.35. The number of hydrogen-bond donors (Lipinski definition) is 2. The van der Waals surface area contributed by atoms with Crippen LogP contribution in [0.25, 0.3) is 0 Å². The smallest absolute Gasteiger partial charge is 0.257 e. The molecule has 0 aliphatic heterocycles. The van der Waals surface area contributed by atoms with Gasteiger partial charge in [-0.2, -0.15) is 0 Å². The number of benzene rings is 2. The standard InChI is InChI=1S/C18H16Cl2N2O2/c1-10-15(21-17(23)11-5-6-11)3-2-4-16(10)22-18(24)13-8-7-12(19)9-14(13)20/h2-4,7-9,11H,5-6H2,1H3,(H,21,23)(H,22,24). The first-order valence-corrected chi connectivity index (χ1v) is 8.38. The van der Waals surface area contributed by atoms with Crippen LogP contribution in [0.3, 0.4) is 0 Å². The molecule has 0 heterocycles. The van der Waals surface area contributed by atoms with Gasteiger partial charge in [-0.25, -0.2) is 0 Å². The second-order valence-electron chi connectivity index (χ2n) is 5.82. The van der Waals surface area contributed by atoms with Crippen LogP contribution in [-0.2, 0) is 4.79 Å². The maximum Gasteiger partial charge on any atom is 0.257 e. The molecule has 0 saturated heterocycles. The fourth-order valence-corrected chi connectivity index (χ4v) is 2.84. The molecule has 2 N–H and O–H groups in total. The van der Waals surface area contributed by atoms with Gasteiger partial charge in [0.15, 0.2) is 0 Å². The van der Waals surface area contributed by atoms with E-state index in [4.69, 9.17) is 23.2 Å². The highest BCUT2D eigenvalue weighted by Crippen LogP contribution is 2.32. The monoisotopic (exact) mass is 362 g/mol. The molecule has 2 aromatic rings. The molecule has 1 aliphatic carbocycles. The molecule has 0 radical (unpaired) electrons. The van der Waals surface area contributed by atoms with Crippen molar-refractivity contribution in [1.29, 1.82) is 0 Å². The van der Waals surface area contributed by atoms with Crippen molar-refractivity contribution in [3.63, 3.8) is 0 Å². The quantitative estimate of drug-likeness (QED) is 0.812. The van der Waals surface area contributed by atoms with Gasteiger partial charge in [-0.1, -0.05) is 29.3 Å². The molecule has 24 heavy (non-hydrogen) atoms. The number of nitrogens with one attached hydrogen (secondary N) is 2. The third kappa shape index (κ3) is 3.71. The predicted molar refractivity (Wildman–Crippen MR) is 96.9 cm³/mol. The topological polar surface area (TPSA) is 58.2 Å². The van der Waals surface area contributed by atoms with E-state index in [1.54, 1.807) is 24.3 Å². The van der Waals surface area contributed by atoms with Gasteiger partial charge in [-0.05, 0) is 55.7 Å². The Balaban J connectivity index is 1.79. The van der Waals surface area contributed by atoms with Gasteiger partial charge in [0.1, 0.15) is 0 Å². The minimum Gasteiger partial charge on any atom is -0.326 e. The molecule has 0 atom stereocenters. The van der Waals surface area contributed by atoms with Crippen molar-refractivity contribution < 1.29 is 9.59 Å². The van der Waals surface area contributed by atoms with Crippen LogP contribution in [0.4, 0.5) is 11.4 Å². The van der Waals surface area contributed by atoms with Crippen molar-refractivity contribution in [1.82, 2.24) is 0 Å². The largest absolute Gasteiger partial charge is 0.326 e. The summed E-state index contributed by atoms with van der Waals surface area (Å²) in [4.78, 5) is 24.4. The van der Waals surface area contributed by atoms with E-state index < -0.39 is 0 Å². The molecule has 0 bridgehead atoms. The van der Waals surface area contributed by atoms with Crippen LogP contribution in [0.15, 0.2) is 36.4 Å². The zero-order valence-electron chi connectivity index (χ0n) is 13.0. The number of carbonyl (C=O) groups is 2. The molecule has 3 rings (SSSR count). The summed E-state index contributed by atoms with van der Waals surface area (Å²) in [6, 6.07) is 10.1. The molecule has 1 fully saturated rings. The van der Waals surface area contributed by atoms with E-state index in [-0.39, 0.29) is 22.8 Å². The Labute approximate surface area is 150 Å². The maximum absolute atomic E-state index is 12.4. The molecule has 2 aromatic carbocycles. The summed E-state index contributed by atoms with van der Waals surface area (Å²) in [5, 5.41) is 6.50. The van der Waals surface area contributed by atoms with E-state index >= 15 is 0 Å². The summed E-state index contributed by atoms with van der Waals surface area (Å²) in [6.45, 7) is 1.85. The van der Waals surface area contributed by atoms with Gasteiger partial charge < -0.3 is 10.6 Å².